The number of rotatable bonds is 6. The zero-order chi connectivity index (χ0) is 21.5. The van der Waals surface area contributed by atoms with Gasteiger partial charge in [0.25, 0.3) is 0 Å². The molecule has 1 saturated carbocycles. The highest BCUT2D eigenvalue weighted by Crippen LogP contribution is 2.47. The number of nitrogens with zero attached hydrogens (tertiary/aromatic N) is 5. The molecule has 7 nitrogen and oxygen atoms in total. The van der Waals surface area contributed by atoms with Crippen molar-refractivity contribution in [1.29, 1.82) is 0 Å². The van der Waals surface area contributed by atoms with E-state index < -0.39 is 11.9 Å². The maximum atomic E-state index is 13.4. The second-order valence-corrected chi connectivity index (χ2v) is 7.24. The summed E-state index contributed by atoms with van der Waals surface area (Å²) in [5.41, 5.74) is 0.00843. The van der Waals surface area contributed by atoms with Crippen molar-refractivity contribution in [3.63, 3.8) is 0 Å². The molecule has 30 heavy (non-hydrogen) atoms. The molecule has 0 saturated heterocycles. The van der Waals surface area contributed by atoms with Crippen LogP contribution in [0.5, 0.6) is 11.6 Å². The summed E-state index contributed by atoms with van der Waals surface area (Å²) in [5, 5.41) is 3.56. The average molecular weight is 419 g/mol. The van der Waals surface area contributed by atoms with Crippen molar-refractivity contribution in [2.45, 2.75) is 25.4 Å². The normalized spacial score (nSPS) is 18.3. The van der Waals surface area contributed by atoms with Gasteiger partial charge in [-0.05, 0) is 25.5 Å². The van der Waals surface area contributed by atoms with Crippen LogP contribution in [-0.4, -0.2) is 38.4 Å². The van der Waals surface area contributed by atoms with Crippen LogP contribution in [0.4, 0.5) is 13.2 Å². The lowest BCUT2D eigenvalue weighted by atomic mass is 10.1. The third kappa shape index (κ3) is 4.07. The molecule has 10 heteroatoms. The Morgan fingerprint density at radius 3 is 2.63 bits per heavy atom. The molecule has 0 amide bonds. The Bertz CT molecular complexity index is 1050. The second-order valence-electron chi connectivity index (χ2n) is 7.24. The van der Waals surface area contributed by atoms with E-state index in [1.54, 1.807) is 20.2 Å². The van der Waals surface area contributed by atoms with E-state index in [2.05, 4.69) is 20.1 Å². The van der Waals surface area contributed by atoms with Crippen molar-refractivity contribution in [2.75, 3.05) is 13.7 Å². The fourth-order valence-electron chi connectivity index (χ4n) is 3.35. The zero-order valence-corrected chi connectivity index (χ0v) is 16.6. The van der Waals surface area contributed by atoms with Gasteiger partial charge in [-0.3, -0.25) is 9.67 Å². The molecule has 1 fully saturated rings. The Balaban J connectivity index is 1.53. The fourth-order valence-corrected chi connectivity index (χ4v) is 3.35. The summed E-state index contributed by atoms with van der Waals surface area (Å²) in [6, 6.07) is 3.76. The van der Waals surface area contributed by atoms with Gasteiger partial charge in [0.05, 0.1) is 25.5 Å². The Hall–Kier alpha value is -3.17. The summed E-state index contributed by atoms with van der Waals surface area (Å²) in [5.74, 6) is 1.67. The maximum Gasteiger partial charge on any atom is 0.435 e. The van der Waals surface area contributed by atoms with Gasteiger partial charge in [0.2, 0.25) is 5.88 Å². The fraction of sp³-hybridized carbons (Fsp3) is 0.400. The molecule has 0 N–H and O–H groups in total. The van der Waals surface area contributed by atoms with E-state index in [1.165, 1.54) is 19.4 Å². The van der Waals surface area contributed by atoms with Gasteiger partial charge in [0.1, 0.15) is 11.6 Å². The van der Waals surface area contributed by atoms with Crippen molar-refractivity contribution < 1.29 is 22.6 Å². The van der Waals surface area contributed by atoms with E-state index >= 15 is 0 Å². The molecule has 0 radical (unpaired) electrons. The number of pyridine rings is 1. The van der Waals surface area contributed by atoms with Crippen molar-refractivity contribution >= 4 is 0 Å². The minimum Gasteiger partial charge on any atom is -0.495 e. The van der Waals surface area contributed by atoms with Crippen LogP contribution in [-0.2, 0) is 13.2 Å². The number of hydrogen-bond donors (Lipinski definition) is 0. The van der Waals surface area contributed by atoms with Crippen LogP contribution in [0.25, 0.3) is 11.1 Å². The van der Waals surface area contributed by atoms with E-state index in [0.717, 1.165) is 16.8 Å². The van der Waals surface area contributed by atoms with Gasteiger partial charge in [-0.1, -0.05) is 0 Å². The van der Waals surface area contributed by atoms with Crippen LogP contribution in [0.3, 0.4) is 0 Å². The Morgan fingerprint density at radius 2 is 1.97 bits per heavy atom. The van der Waals surface area contributed by atoms with Gasteiger partial charge in [-0.25, -0.2) is 4.98 Å². The third-order valence-electron chi connectivity index (χ3n) is 4.99. The van der Waals surface area contributed by atoms with E-state index in [1.807, 2.05) is 12.1 Å². The smallest absolute Gasteiger partial charge is 0.435 e. The molecule has 0 aromatic carbocycles. The van der Waals surface area contributed by atoms with Crippen LogP contribution in [0.1, 0.15) is 29.6 Å². The molecular formula is C20H20F3N5O2. The summed E-state index contributed by atoms with van der Waals surface area (Å²) < 4.78 is 52.3. The van der Waals surface area contributed by atoms with E-state index in [-0.39, 0.29) is 28.8 Å². The first-order valence-electron chi connectivity index (χ1n) is 9.34. The van der Waals surface area contributed by atoms with Crippen molar-refractivity contribution in [3.05, 3.63) is 47.9 Å². The molecule has 3 aromatic rings. The number of methoxy groups -OCH3 is 1. The van der Waals surface area contributed by atoms with Gasteiger partial charge in [-0.2, -0.15) is 23.3 Å². The quantitative estimate of drug-likeness (QED) is 0.605. The highest BCUT2D eigenvalue weighted by molar-refractivity contribution is 5.70. The number of aryl methyl sites for hydroxylation is 2. The molecule has 3 aromatic heterocycles. The Morgan fingerprint density at radius 1 is 1.17 bits per heavy atom. The number of halogens is 3. The first-order chi connectivity index (χ1) is 14.3. The zero-order valence-electron chi connectivity index (χ0n) is 16.6. The lowest BCUT2D eigenvalue weighted by Crippen LogP contribution is -2.10. The first kappa shape index (κ1) is 20.1. The maximum absolute atomic E-state index is 13.4. The number of aromatic nitrogens is 5. The van der Waals surface area contributed by atoms with Crippen molar-refractivity contribution in [1.82, 2.24) is 24.7 Å². The molecule has 2 atom stereocenters. The Labute approximate surface area is 170 Å². The van der Waals surface area contributed by atoms with Gasteiger partial charge in [0, 0.05) is 42.5 Å². The molecule has 3 heterocycles. The van der Waals surface area contributed by atoms with Crippen LogP contribution < -0.4 is 9.47 Å². The summed E-state index contributed by atoms with van der Waals surface area (Å²) in [4.78, 5) is 12.7. The summed E-state index contributed by atoms with van der Waals surface area (Å²) in [6.45, 7) is 1.98. The van der Waals surface area contributed by atoms with Crippen LogP contribution >= 0.6 is 0 Å². The molecule has 158 valence electrons. The molecule has 1 aliphatic rings. The second kappa shape index (κ2) is 7.58. The average Bonchev–Trinajstić information content (AvgIpc) is 3.38. The van der Waals surface area contributed by atoms with E-state index in [4.69, 9.17) is 9.47 Å². The van der Waals surface area contributed by atoms with Crippen LogP contribution in [0, 0.1) is 12.8 Å². The predicted molar refractivity (Wildman–Crippen MR) is 101 cm³/mol. The monoisotopic (exact) mass is 419 g/mol. The molecule has 0 spiro atoms. The Kier molecular flexibility index (Phi) is 5.08. The number of hydrogen-bond acceptors (Lipinski definition) is 6. The van der Waals surface area contributed by atoms with Crippen molar-refractivity contribution in [3.8, 4) is 22.8 Å². The predicted octanol–water partition coefficient (Wildman–Crippen LogP) is 3.79. The van der Waals surface area contributed by atoms with Crippen molar-refractivity contribution in [2.24, 2.45) is 13.0 Å². The SMILES string of the molecule is COc1ccc([C@H]2C[C@@H]2COc2nc(C)ncc2-c2cn(C)nc2C(F)(F)F)nc1. The van der Waals surface area contributed by atoms with E-state index in [9.17, 15) is 13.2 Å². The number of alkyl halides is 3. The minimum absolute atomic E-state index is 0.107. The summed E-state index contributed by atoms with van der Waals surface area (Å²) >= 11 is 0. The number of ether oxygens (including phenoxy) is 2. The van der Waals surface area contributed by atoms with Gasteiger partial charge in [0.15, 0.2) is 5.69 Å². The molecule has 4 rings (SSSR count). The lowest BCUT2D eigenvalue weighted by Gasteiger charge is -2.12. The van der Waals surface area contributed by atoms with Gasteiger partial charge in [-0.15, -0.1) is 0 Å². The molecule has 1 aliphatic carbocycles. The highest BCUT2D eigenvalue weighted by atomic mass is 19.4. The highest BCUT2D eigenvalue weighted by Gasteiger charge is 2.41. The lowest BCUT2D eigenvalue weighted by molar-refractivity contribution is -0.140. The molecule has 0 bridgehead atoms. The third-order valence-corrected chi connectivity index (χ3v) is 4.99. The molecule has 0 aliphatic heterocycles. The standard InChI is InChI=1S/C20H20F3N5O2/c1-11-24-8-15(16-9-28(2)27-18(16)20(21,22)23)19(26-11)30-10-12-6-14(12)17-5-4-13(29-3)7-25-17/h4-5,7-9,12,14H,6,10H2,1-3H3/t12-,14+/m1/s1. The minimum atomic E-state index is -4.60. The summed E-state index contributed by atoms with van der Waals surface area (Å²) in [6.07, 6.45) is 0.600. The van der Waals surface area contributed by atoms with Crippen LogP contribution in [0.2, 0.25) is 0 Å². The first-order valence-corrected chi connectivity index (χ1v) is 9.34. The van der Waals surface area contributed by atoms with Gasteiger partial charge < -0.3 is 9.47 Å². The molecule has 0 unspecified atom stereocenters. The topological polar surface area (TPSA) is 75.0 Å². The van der Waals surface area contributed by atoms with E-state index in [0.29, 0.717) is 18.2 Å². The van der Waals surface area contributed by atoms with Crippen LogP contribution in [0.15, 0.2) is 30.7 Å². The molecular weight excluding hydrogens is 399 g/mol. The van der Waals surface area contributed by atoms with Gasteiger partial charge >= 0.3 is 6.18 Å². The largest absolute Gasteiger partial charge is 0.495 e. The summed E-state index contributed by atoms with van der Waals surface area (Å²) in [7, 11) is 3.02.